The first-order valence-corrected chi connectivity index (χ1v) is 5.80. The highest BCUT2D eigenvalue weighted by atomic mass is 16.1. The van der Waals surface area contributed by atoms with Crippen molar-refractivity contribution in [3.63, 3.8) is 0 Å². The zero-order valence-electron chi connectivity index (χ0n) is 9.88. The average molecular weight is 213 g/mol. The summed E-state index contributed by atoms with van der Waals surface area (Å²) in [6, 6.07) is 0. The van der Waals surface area contributed by atoms with E-state index < -0.39 is 0 Å². The summed E-state index contributed by atoms with van der Waals surface area (Å²) in [4.78, 5) is 13.5. The lowest BCUT2D eigenvalue weighted by atomic mass is 10.00. The van der Waals surface area contributed by atoms with Crippen molar-refractivity contribution in [1.82, 2.24) is 15.5 Å². The van der Waals surface area contributed by atoms with Gasteiger partial charge in [0, 0.05) is 19.5 Å². The number of carbonyl (C=O) groups is 1. The van der Waals surface area contributed by atoms with E-state index in [-0.39, 0.29) is 5.91 Å². The summed E-state index contributed by atoms with van der Waals surface area (Å²) < 4.78 is 0. The van der Waals surface area contributed by atoms with Crippen molar-refractivity contribution in [3.05, 3.63) is 0 Å². The lowest BCUT2D eigenvalue weighted by Gasteiger charge is -2.23. The molecule has 0 radical (unpaired) electrons. The van der Waals surface area contributed by atoms with Gasteiger partial charge in [-0.25, -0.2) is 0 Å². The van der Waals surface area contributed by atoms with Crippen molar-refractivity contribution in [3.8, 4) is 0 Å². The largest absolute Gasteiger partial charge is 0.356 e. The highest BCUT2D eigenvalue weighted by Crippen LogP contribution is 2.08. The molecule has 4 nitrogen and oxygen atoms in total. The minimum atomic E-state index is 0.175. The van der Waals surface area contributed by atoms with Gasteiger partial charge < -0.3 is 15.5 Å². The molecule has 1 unspecified atom stereocenters. The van der Waals surface area contributed by atoms with Crippen LogP contribution in [0.1, 0.15) is 19.3 Å². The Bertz CT molecular complexity index is 188. The van der Waals surface area contributed by atoms with Crippen LogP contribution in [0.25, 0.3) is 0 Å². The highest BCUT2D eigenvalue weighted by Gasteiger charge is 2.13. The quantitative estimate of drug-likeness (QED) is 0.678. The number of carbonyl (C=O) groups excluding carboxylic acids is 1. The minimum absolute atomic E-state index is 0.175. The fourth-order valence-electron chi connectivity index (χ4n) is 1.77. The second kappa shape index (κ2) is 6.80. The Morgan fingerprint density at radius 2 is 2.33 bits per heavy atom. The number of nitrogens with one attached hydrogen (secondary N) is 2. The lowest BCUT2D eigenvalue weighted by Crippen LogP contribution is -2.38. The second-order valence-electron chi connectivity index (χ2n) is 4.57. The maximum absolute atomic E-state index is 11.4. The number of piperidine rings is 1. The van der Waals surface area contributed by atoms with Gasteiger partial charge in [0.1, 0.15) is 0 Å². The molecule has 1 rings (SSSR count). The average Bonchev–Trinajstić information content (AvgIpc) is 2.25. The van der Waals surface area contributed by atoms with Gasteiger partial charge in [-0.2, -0.15) is 0 Å². The van der Waals surface area contributed by atoms with Crippen molar-refractivity contribution in [2.24, 2.45) is 5.92 Å². The molecule has 0 aliphatic carbocycles. The third-order valence-electron chi connectivity index (χ3n) is 2.77. The summed E-state index contributed by atoms with van der Waals surface area (Å²) in [7, 11) is 3.97. The molecule has 1 heterocycles. The Labute approximate surface area is 92.4 Å². The minimum Gasteiger partial charge on any atom is -0.356 e. The number of rotatable bonds is 5. The van der Waals surface area contributed by atoms with E-state index in [0.717, 1.165) is 26.2 Å². The molecule has 1 amide bonds. The maximum atomic E-state index is 11.4. The van der Waals surface area contributed by atoms with Crippen LogP contribution in [0.5, 0.6) is 0 Å². The fraction of sp³-hybridized carbons (Fsp3) is 0.909. The van der Waals surface area contributed by atoms with E-state index in [1.54, 1.807) is 0 Å². The maximum Gasteiger partial charge on any atom is 0.221 e. The van der Waals surface area contributed by atoms with E-state index in [9.17, 15) is 4.79 Å². The summed E-state index contributed by atoms with van der Waals surface area (Å²) in [5.74, 6) is 0.802. The number of hydrogen-bond acceptors (Lipinski definition) is 3. The number of hydrogen-bond donors (Lipinski definition) is 2. The Morgan fingerprint density at radius 3 is 2.93 bits per heavy atom. The first-order valence-electron chi connectivity index (χ1n) is 5.80. The van der Waals surface area contributed by atoms with E-state index in [4.69, 9.17) is 0 Å². The Balaban J connectivity index is 2.05. The molecule has 15 heavy (non-hydrogen) atoms. The van der Waals surface area contributed by atoms with E-state index >= 15 is 0 Å². The molecule has 1 atom stereocenters. The van der Waals surface area contributed by atoms with Crippen molar-refractivity contribution in [1.29, 1.82) is 0 Å². The summed E-state index contributed by atoms with van der Waals surface area (Å²) in [5, 5.41) is 6.35. The third kappa shape index (κ3) is 5.74. The lowest BCUT2D eigenvalue weighted by molar-refractivity contribution is -0.121. The first kappa shape index (κ1) is 12.5. The van der Waals surface area contributed by atoms with Gasteiger partial charge in [0.2, 0.25) is 5.91 Å². The van der Waals surface area contributed by atoms with Gasteiger partial charge in [-0.05, 0) is 45.9 Å². The number of nitrogens with zero attached hydrogens (tertiary/aromatic N) is 1. The van der Waals surface area contributed by atoms with Gasteiger partial charge in [0.05, 0.1) is 0 Å². The van der Waals surface area contributed by atoms with Crippen LogP contribution in [0.4, 0.5) is 0 Å². The van der Waals surface area contributed by atoms with Crippen LogP contribution in [0.2, 0.25) is 0 Å². The van der Waals surface area contributed by atoms with Crippen LogP contribution in [0.3, 0.4) is 0 Å². The molecule has 0 bridgehead atoms. The summed E-state index contributed by atoms with van der Waals surface area (Å²) in [6.07, 6.45) is 3.08. The van der Waals surface area contributed by atoms with Crippen LogP contribution in [0.15, 0.2) is 0 Å². The fourth-order valence-corrected chi connectivity index (χ4v) is 1.77. The Hall–Kier alpha value is -0.610. The molecule has 1 aliphatic rings. The predicted octanol–water partition coefficient (Wildman–Crippen LogP) is 0.0539. The molecule has 0 saturated carbocycles. The molecule has 0 aromatic rings. The Kier molecular flexibility index (Phi) is 5.65. The van der Waals surface area contributed by atoms with Crippen molar-refractivity contribution < 1.29 is 4.79 Å². The van der Waals surface area contributed by atoms with Gasteiger partial charge >= 0.3 is 0 Å². The standard InChI is InChI=1S/C11H23N3O/c1-14(2)7-5-11(15)13-9-10-4-3-6-12-8-10/h10,12H,3-9H2,1-2H3,(H,13,15). The van der Waals surface area contributed by atoms with Crippen LogP contribution < -0.4 is 10.6 Å². The van der Waals surface area contributed by atoms with Gasteiger partial charge in [-0.3, -0.25) is 4.79 Å². The van der Waals surface area contributed by atoms with Crippen molar-refractivity contribution >= 4 is 5.91 Å². The molecule has 0 spiro atoms. The van der Waals surface area contributed by atoms with E-state index in [1.807, 2.05) is 19.0 Å². The van der Waals surface area contributed by atoms with Gasteiger partial charge in [0.15, 0.2) is 0 Å². The molecule has 1 aliphatic heterocycles. The predicted molar refractivity (Wildman–Crippen MR) is 61.8 cm³/mol. The normalized spacial score (nSPS) is 21.7. The second-order valence-corrected chi connectivity index (χ2v) is 4.57. The first-order chi connectivity index (χ1) is 7.18. The van der Waals surface area contributed by atoms with Crippen LogP contribution in [-0.4, -0.2) is 51.1 Å². The van der Waals surface area contributed by atoms with Crippen LogP contribution >= 0.6 is 0 Å². The molecule has 1 saturated heterocycles. The van der Waals surface area contributed by atoms with Gasteiger partial charge in [-0.15, -0.1) is 0 Å². The van der Waals surface area contributed by atoms with Crippen molar-refractivity contribution in [2.75, 3.05) is 40.3 Å². The zero-order valence-corrected chi connectivity index (χ0v) is 9.88. The van der Waals surface area contributed by atoms with E-state index in [2.05, 4.69) is 10.6 Å². The Morgan fingerprint density at radius 1 is 1.53 bits per heavy atom. The molecular weight excluding hydrogens is 190 g/mol. The molecule has 4 heteroatoms. The molecule has 2 N–H and O–H groups in total. The third-order valence-corrected chi connectivity index (χ3v) is 2.77. The molecule has 0 aromatic heterocycles. The van der Waals surface area contributed by atoms with Crippen molar-refractivity contribution in [2.45, 2.75) is 19.3 Å². The monoisotopic (exact) mass is 213 g/mol. The summed E-state index contributed by atoms with van der Waals surface area (Å²) in [6.45, 7) is 3.84. The molecule has 0 aromatic carbocycles. The summed E-state index contributed by atoms with van der Waals surface area (Å²) >= 11 is 0. The molecular formula is C11H23N3O. The van der Waals surface area contributed by atoms with Gasteiger partial charge in [-0.1, -0.05) is 0 Å². The smallest absolute Gasteiger partial charge is 0.221 e. The van der Waals surface area contributed by atoms with Crippen LogP contribution in [-0.2, 0) is 4.79 Å². The summed E-state index contributed by atoms with van der Waals surface area (Å²) in [5.41, 5.74) is 0. The SMILES string of the molecule is CN(C)CCC(=O)NCC1CCCNC1. The zero-order chi connectivity index (χ0) is 11.1. The topological polar surface area (TPSA) is 44.4 Å². The molecule has 88 valence electrons. The number of amides is 1. The highest BCUT2D eigenvalue weighted by molar-refractivity contribution is 5.76. The molecule has 1 fully saturated rings. The van der Waals surface area contributed by atoms with Gasteiger partial charge in [0.25, 0.3) is 0 Å². The van der Waals surface area contributed by atoms with E-state index in [0.29, 0.717) is 12.3 Å². The van der Waals surface area contributed by atoms with Crippen LogP contribution in [0, 0.1) is 5.92 Å². The van der Waals surface area contributed by atoms with E-state index in [1.165, 1.54) is 12.8 Å².